The summed E-state index contributed by atoms with van der Waals surface area (Å²) in [7, 11) is 1.20. The summed E-state index contributed by atoms with van der Waals surface area (Å²) in [6, 6.07) is -0.884. The van der Waals surface area contributed by atoms with E-state index in [1.165, 1.54) is 212 Å². The molecule has 0 aromatic heterocycles. The number of rotatable bonds is 58. The third-order valence-corrected chi connectivity index (χ3v) is 15.3. The number of allylic oxidation sites excluding steroid dienone is 5. The van der Waals surface area contributed by atoms with E-state index in [-0.39, 0.29) is 31.5 Å². The number of quaternary nitrogens is 1. The summed E-state index contributed by atoms with van der Waals surface area (Å²) in [5.74, 6) is -0.529. The van der Waals surface area contributed by atoms with Crippen molar-refractivity contribution in [1.29, 1.82) is 0 Å². The van der Waals surface area contributed by atoms with E-state index in [2.05, 4.69) is 50.4 Å². The van der Waals surface area contributed by atoms with Gasteiger partial charge in [0.15, 0.2) is 0 Å². The molecule has 1 N–H and O–H groups in total. The van der Waals surface area contributed by atoms with Crippen LogP contribution in [0.25, 0.3) is 0 Å². The Morgan fingerprint density at radius 1 is 0.473 bits per heavy atom. The lowest BCUT2D eigenvalue weighted by atomic mass is 10.0. The number of hydrogen-bond acceptors (Lipinski definition) is 7. The molecule has 0 radical (unpaired) electrons. The minimum atomic E-state index is -4.69. The van der Waals surface area contributed by atoms with Crippen LogP contribution in [-0.4, -0.2) is 69.4 Å². The number of hydrogen-bond donors (Lipinski definition) is 1. The summed E-state index contributed by atoms with van der Waals surface area (Å²) >= 11 is 0. The van der Waals surface area contributed by atoms with Crippen molar-refractivity contribution in [3.05, 3.63) is 36.5 Å². The first-order valence-electron chi connectivity index (χ1n) is 31.8. The van der Waals surface area contributed by atoms with Gasteiger partial charge in [-0.15, -0.1) is 0 Å². The number of nitrogens with zero attached hydrogens (tertiary/aromatic N) is 1. The first kappa shape index (κ1) is 72.2. The second-order valence-electron chi connectivity index (χ2n) is 22.9. The van der Waals surface area contributed by atoms with Gasteiger partial charge in [0.25, 0.3) is 7.82 Å². The fourth-order valence-electron chi connectivity index (χ4n) is 9.38. The Hall–Kier alpha value is -1.77. The van der Waals surface area contributed by atoms with Gasteiger partial charge in [-0.25, -0.2) is 0 Å². The number of unbranched alkanes of at least 4 members (excludes halogenated alkanes) is 38. The van der Waals surface area contributed by atoms with Crippen LogP contribution in [0, 0.1) is 0 Å². The van der Waals surface area contributed by atoms with Crippen LogP contribution in [0.4, 0.5) is 0 Å². The molecule has 0 rings (SSSR count). The maximum absolute atomic E-state index is 13.5. The van der Waals surface area contributed by atoms with Crippen LogP contribution in [0.3, 0.4) is 0 Å². The summed E-state index contributed by atoms with van der Waals surface area (Å²) in [6.07, 6.45) is 65.3. The highest BCUT2D eigenvalue weighted by Gasteiger charge is 2.27. The summed E-state index contributed by atoms with van der Waals surface area (Å²) < 4.78 is 30.3. The molecule has 0 fully saturated rings. The second-order valence-corrected chi connectivity index (χ2v) is 24.3. The molecular formula is C64H123N2O7P. The molecule has 0 aliphatic rings. The third-order valence-electron chi connectivity index (χ3n) is 14.3. The number of amides is 1. The monoisotopic (exact) mass is 1060 g/mol. The van der Waals surface area contributed by atoms with E-state index in [0.29, 0.717) is 17.4 Å². The molecule has 74 heavy (non-hydrogen) atoms. The SMILES string of the molecule is CCCCC/C=C\C/C=C\CCCCCCCCCCCCCC(=O)OC(/C=C/CCCCCCCCCCCCC)C(COP(=O)([O-])OCC[N+](C)(C)C)NC(=O)CCCCCCCCCCCCCCCC. The number of carbonyl (C=O) groups is 2. The molecule has 1 amide bonds. The minimum absolute atomic E-state index is 0.0199. The van der Waals surface area contributed by atoms with E-state index in [1.54, 1.807) is 0 Å². The highest BCUT2D eigenvalue weighted by atomic mass is 31.2. The van der Waals surface area contributed by atoms with Gasteiger partial charge < -0.3 is 28.5 Å². The molecule has 0 saturated carbocycles. The van der Waals surface area contributed by atoms with Crippen LogP contribution in [0.1, 0.15) is 310 Å². The van der Waals surface area contributed by atoms with Crippen LogP contribution < -0.4 is 10.2 Å². The summed E-state index contributed by atoms with van der Waals surface area (Å²) in [6.45, 7) is 6.86. The van der Waals surface area contributed by atoms with Crippen molar-refractivity contribution in [2.45, 2.75) is 322 Å². The maximum atomic E-state index is 13.5. The van der Waals surface area contributed by atoms with Gasteiger partial charge in [-0.2, -0.15) is 0 Å². The van der Waals surface area contributed by atoms with Gasteiger partial charge in [0, 0.05) is 12.8 Å². The van der Waals surface area contributed by atoms with Crippen LogP contribution in [0.2, 0.25) is 0 Å². The third kappa shape index (κ3) is 55.0. The average Bonchev–Trinajstić information content (AvgIpc) is 3.36. The predicted molar refractivity (Wildman–Crippen MR) is 316 cm³/mol. The fourth-order valence-corrected chi connectivity index (χ4v) is 10.1. The molecule has 436 valence electrons. The lowest BCUT2D eigenvalue weighted by Crippen LogP contribution is -2.47. The van der Waals surface area contributed by atoms with E-state index >= 15 is 0 Å². The number of phosphoric acid groups is 1. The second kappa shape index (κ2) is 54.6. The largest absolute Gasteiger partial charge is 0.756 e. The van der Waals surface area contributed by atoms with Gasteiger partial charge in [0.1, 0.15) is 19.3 Å². The van der Waals surface area contributed by atoms with E-state index in [1.807, 2.05) is 33.3 Å². The molecule has 0 aliphatic heterocycles. The van der Waals surface area contributed by atoms with Crippen LogP contribution in [-0.2, 0) is 27.9 Å². The standard InChI is InChI=1S/C64H123N2O7P/c1-7-10-13-16-19-22-25-28-30-31-32-33-34-35-36-39-42-45-48-51-54-57-64(68)73-62(55-52-49-46-43-40-37-27-24-21-18-15-12-9-3)61(60-72-74(69,70)71-59-58-66(4,5)6)65-63(67)56-53-50-47-44-41-38-29-26-23-20-17-14-11-8-2/h19,22,28,30,52,55,61-62H,7-18,20-21,23-27,29,31-51,53-54,56-60H2,1-6H3,(H-,65,67,69,70)/b22-19-,30-28-,55-52+. The first-order valence-corrected chi connectivity index (χ1v) is 33.3. The molecule has 0 aliphatic carbocycles. The molecule has 3 atom stereocenters. The number of phosphoric ester groups is 1. The first-order chi connectivity index (χ1) is 35.9. The molecule has 0 saturated heterocycles. The molecule has 10 heteroatoms. The number of nitrogens with one attached hydrogen (secondary N) is 1. The van der Waals surface area contributed by atoms with Crippen molar-refractivity contribution in [3.8, 4) is 0 Å². The van der Waals surface area contributed by atoms with Gasteiger partial charge in [0.2, 0.25) is 5.91 Å². The zero-order valence-electron chi connectivity index (χ0n) is 49.8. The average molecular weight is 1060 g/mol. The van der Waals surface area contributed by atoms with E-state index in [0.717, 1.165) is 64.2 Å². The highest BCUT2D eigenvalue weighted by Crippen LogP contribution is 2.38. The molecule has 0 aromatic carbocycles. The Morgan fingerprint density at radius 2 is 0.824 bits per heavy atom. The zero-order chi connectivity index (χ0) is 54.3. The predicted octanol–water partition coefficient (Wildman–Crippen LogP) is 18.9. The number of esters is 1. The smallest absolute Gasteiger partial charge is 0.306 e. The molecule has 0 aromatic rings. The van der Waals surface area contributed by atoms with Gasteiger partial charge in [0.05, 0.1) is 33.8 Å². The van der Waals surface area contributed by atoms with E-state index < -0.39 is 20.0 Å². The van der Waals surface area contributed by atoms with Crippen molar-refractivity contribution < 1.29 is 37.3 Å². The topological polar surface area (TPSA) is 114 Å². The summed E-state index contributed by atoms with van der Waals surface area (Å²) in [5.41, 5.74) is 0. The Balaban J connectivity index is 5.21. The molecule has 0 spiro atoms. The fraction of sp³-hybridized carbons (Fsp3) is 0.875. The van der Waals surface area contributed by atoms with Crippen molar-refractivity contribution >= 4 is 19.7 Å². The Morgan fingerprint density at radius 3 is 1.24 bits per heavy atom. The maximum Gasteiger partial charge on any atom is 0.306 e. The molecule has 0 heterocycles. The van der Waals surface area contributed by atoms with Crippen molar-refractivity contribution in [3.63, 3.8) is 0 Å². The van der Waals surface area contributed by atoms with Crippen molar-refractivity contribution in [2.24, 2.45) is 0 Å². The summed E-state index contributed by atoms with van der Waals surface area (Å²) in [5, 5.41) is 3.03. The highest BCUT2D eigenvalue weighted by molar-refractivity contribution is 7.45. The van der Waals surface area contributed by atoms with E-state index in [9.17, 15) is 19.0 Å². The minimum Gasteiger partial charge on any atom is -0.756 e. The Labute approximate surface area is 459 Å². The van der Waals surface area contributed by atoms with Crippen LogP contribution in [0.5, 0.6) is 0 Å². The Bertz CT molecular complexity index is 1360. The number of ether oxygens (including phenoxy) is 1. The quantitative estimate of drug-likeness (QED) is 0.0212. The van der Waals surface area contributed by atoms with Crippen molar-refractivity contribution in [1.82, 2.24) is 5.32 Å². The van der Waals surface area contributed by atoms with E-state index in [4.69, 9.17) is 13.8 Å². The zero-order valence-corrected chi connectivity index (χ0v) is 50.7. The number of carbonyl (C=O) groups excluding carboxylic acids is 2. The number of likely N-dealkylation sites (N-methyl/N-ethyl adjacent to an activating group) is 1. The lowest BCUT2D eigenvalue weighted by Gasteiger charge is -2.30. The van der Waals surface area contributed by atoms with Crippen molar-refractivity contribution in [2.75, 3.05) is 40.9 Å². The molecule has 0 bridgehead atoms. The van der Waals surface area contributed by atoms with Gasteiger partial charge >= 0.3 is 5.97 Å². The molecular weight excluding hydrogens is 940 g/mol. The van der Waals surface area contributed by atoms with Gasteiger partial charge in [-0.05, 0) is 63.9 Å². The normalized spacial score (nSPS) is 13.9. The van der Waals surface area contributed by atoms with Gasteiger partial charge in [-0.3, -0.25) is 14.2 Å². The molecule has 9 nitrogen and oxygen atoms in total. The Kier molecular flexibility index (Phi) is 53.3. The summed E-state index contributed by atoms with van der Waals surface area (Å²) in [4.78, 5) is 40.0. The van der Waals surface area contributed by atoms with Crippen LogP contribution >= 0.6 is 7.82 Å². The molecule has 3 unspecified atom stereocenters. The lowest BCUT2D eigenvalue weighted by molar-refractivity contribution is -0.870. The van der Waals surface area contributed by atoms with Gasteiger partial charge in [-0.1, -0.05) is 269 Å². The van der Waals surface area contributed by atoms with Crippen LogP contribution in [0.15, 0.2) is 36.5 Å².